The molecule has 0 atom stereocenters. The molecule has 3 aliphatic rings. The molecule has 0 radical (unpaired) electrons. The number of aromatic amines is 1. The topological polar surface area (TPSA) is 73.8 Å². The SMILES string of the molecule is Cc1[nH]ncc1-c1nc(N2CCC3(CC2)CCN(C2CCCC2)C3)c2ccncc2n1. The fourth-order valence-electron chi connectivity index (χ4n) is 6.05. The first-order valence-corrected chi connectivity index (χ1v) is 11.8. The Morgan fingerprint density at radius 2 is 1.84 bits per heavy atom. The minimum absolute atomic E-state index is 0.507. The minimum atomic E-state index is 0.507. The van der Waals surface area contributed by atoms with Gasteiger partial charge in [-0.15, -0.1) is 0 Å². The van der Waals surface area contributed by atoms with Crippen LogP contribution < -0.4 is 4.90 Å². The van der Waals surface area contributed by atoms with Gasteiger partial charge in [0.1, 0.15) is 5.82 Å². The van der Waals surface area contributed by atoms with Crippen molar-refractivity contribution < 1.29 is 0 Å². The molecule has 1 saturated carbocycles. The van der Waals surface area contributed by atoms with Gasteiger partial charge in [-0.05, 0) is 57.1 Å². The summed E-state index contributed by atoms with van der Waals surface area (Å²) in [5.74, 6) is 1.78. The molecular weight excluding hydrogens is 386 g/mol. The van der Waals surface area contributed by atoms with Crippen LogP contribution in [0.5, 0.6) is 0 Å². The van der Waals surface area contributed by atoms with Gasteiger partial charge in [-0.3, -0.25) is 15.0 Å². The van der Waals surface area contributed by atoms with Crippen LogP contribution in [0.3, 0.4) is 0 Å². The standard InChI is InChI=1S/C24H31N7/c1-17-20(14-26-29-17)22-27-21-15-25-10-6-19(21)23(28-22)30-11-7-24(8-12-30)9-13-31(16-24)18-4-2-3-5-18/h6,10,14-15,18H,2-5,7-9,11-13,16H2,1H3,(H,26,29). The Bertz CT molecular complexity index is 1080. The molecule has 5 heterocycles. The second-order valence-electron chi connectivity index (χ2n) is 9.82. The quantitative estimate of drug-likeness (QED) is 0.695. The van der Waals surface area contributed by atoms with Gasteiger partial charge in [-0.2, -0.15) is 5.10 Å². The Labute approximate surface area is 183 Å². The van der Waals surface area contributed by atoms with Crippen molar-refractivity contribution in [1.29, 1.82) is 0 Å². The number of anilines is 1. The third-order valence-corrected chi connectivity index (χ3v) is 7.98. The van der Waals surface area contributed by atoms with Gasteiger partial charge in [-0.1, -0.05) is 12.8 Å². The Balaban J connectivity index is 1.26. The van der Waals surface area contributed by atoms with E-state index in [2.05, 4.69) is 31.0 Å². The van der Waals surface area contributed by atoms with Gasteiger partial charge in [0.25, 0.3) is 0 Å². The normalized spacial score (nSPS) is 22.2. The maximum atomic E-state index is 5.04. The smallest absolute Gasteiger partial charge is 0.165 e. The van der Waals surface area contributed by atoms with Crippen LogP contribution in [0.4, 0.5) is 5.82 Å². The summed E-state index contributed by atoms with van der Waals surface area (Å²) >= 11 is 0. The molecule has 162 valence electrons. The van der Waals surface area contributed by atoms with Crippen molar-refractivity contribution in [2.24, 2.45) is 5.41 Å². The third kappa shape index (κ3) is 3.39. The number of aryl methyl sites for hydroxylation is 1. The summed E-state index contributed by atoms with van der Waals surface area (Å²) in [6.45, 7) is 6.75. The number of likely N-dealkylation sites (tertiary alicyclic amines) is 1. The summed E-state index contributed by atoms with van der Waals surface area (Å²) in [6, 6.07) is 2.91. The van der Waals surface area contributed by atoms with Gasteiger partial charge in [0.05, 0.1) is 23.5 Å². The van der Waals surface area contributed by atoms with Crippen LogP contribution in [0.1, 0.15) is 50.6 Å². The zero-order valence-electron chi connectivity index (χ0n) is 18.3. The molecule has 3 aromatic heterocycles. The zero-order chi connectivity index (χ0) is 20.8. The van der Waals surface area contributed by atoms with E-state index in [-0.39, 0.29) is 0 Å². The molecule has 1 N–H and O–H groups in total. The largest absolute Gasteiger partial charge is 0.356 e. The fraction of sp³-hybridized carbons (Fsp3) is 0.583. The Kier molecular flexibility index (Phi) is 4.67. The number of hydrogen-bond acceptors (Lipinski definition) is 6. The van der Waals surface area contributed by atoms with E-state index in [9.17, 15) is 0 Å². The number of aromatic nitrogens is 5. The number of fused-ring (bicyclic) bond motifs is 1. The van der Waals surface area contributed by atoms with E-state index >= 15 is 0 Å². The average Bonchev–Trinajstić information content (AvgIpc) is 3.55. The van der Waals surface area contributed by atoms with E-state index in [1.54, 1.807) is 0 Å². The van der Waals surface area contributed by atoms with E-state index in [1.165, 1.54) is 58.0 Å². The lowest BCUT2D eigenvalue weighted by atomic mass is 9.77. The second kappa shape index (κ2) is 7.55. The molecule has 3 aromatic rings. The third-order valence-electron chi connectivity index (χ3n) is 7.98. The van der Waals surface area contributed by atoms with Gasteiger partial charge in [0.15, 0.2) is 5.82 Å². The molecule has 1 aliphatic carbocycles. The lowest BCUT2D eigenvalue weighted by Gasteiger charge is -2.40. The zero-order valence-corrected chi connectivity index (χ0v) is 18.3. The van der Waals surface area contributed by atoms with Crippen molar-refractivity contribution in [3.63, 3.8) is 0 Å². The van der Waals surface area contributed by atoms with E-state index in [4.69, 9.17) is 9.97 Å². The molecule has 7 nitrogen and oxygen atoms in total. The van der Waals surface area contributed by atoms with Crippen LogP contribution in [-0.4, -0.2) is 62.3 Å². The van der Waals surface area contributed by atoms with Crippen LogP contribution in [0, 0.1) is 12.3 Å². The molecule has 0 bridgehead atoms. The molecule has 7 heteroatoms. The summed E-state index contributed by atoms with van der Waals surface area (Å²) in [5, 5.41) is 8.27. The van der Waals surface area contributed by atoms with Gasteiger partial charge < -0.3 is 4.90 Å². The van der Waals surface area contributed by atoms with Crippen molar-refractivity contribution in [3.05, 3.63) is 30.4 Å². The summed E-state index contributed by atoms with van der Waals surface area (Å²) in [4.78, 5) is 19.4. The summed E-state index contributed by atoms with van der Waals surface area (Å²) in [7, 11) is 0. The van der Waals surface area contributed by atoms with Crippen LogP contribution in [0.2, 0.25) is 0 Å². The maximum Gasteiger partial charge on any atom is 0.165 e. The van der Waals surface area contributed by atoms with E-state index in [0.717, 1.165) is 52.9 Å². The number of rotatable bonds is 3. The molecule has 3 fully saturated rings. The average molecular weight is 418 g/mol. The molecule has 0 amide bonds. The van der Waals surface area contributed by atoms with Crippen molar-refractivity contribution >= 4 is 16.7 Å². The van der Waals surface area contributed by atoms with Gasteiger partial charge >= 0.3 is 0 Å². The number of H-pyrrole nitrogens is 1. The number of hydrogen-bond donors (Lipinski definition) is 1. The highest BCUT2D eigenvalue weighted by molar-refractivity contribution is 5.90. The minimum Gasteiger partial charge on any atom is -0.356 e. The van der Waals surface area contributed by atoms with Crippen LogP contribution >= 0.6 is 0 Å². The van der Waals surface area contributed by atoms with Crippen molar-refractivity contribution in [1.82, 2.24) is 30.0 Å². The molecule has 0 aromatic carbocycles. The first-order chi connectivity index (χ1) is 15.2. The molecule has 2 saturated heterocycles. The maximum absolute atomic E-state index is 5.04. The molecule has 2 aliphatic heterocycles. The monoisotopic (exact) mass is 417 g/mol. The van der Waals surface area contributed by atoms with Gasteiger partial charge in [-0.25, -0.2) is 9.97 Å². The molecule has 31 heavy (non-hydrogen) atoms. The Hall–Kier alpha value is -2.54. The van der Waals surface area contributed by atoms with E-state index < -0.39 is 0 Å². The first kappa shape index (κ1) is 19.2. The predicted octanol–water partition coefficient (Wildman–Crippen LogP) is 3.96. The summed E-state index contributed by atoms with van der Waals surface area (Å²) in [5.41, 5.74) is 3.36. The second-order valence-corrected chi connectivity index (χ2v) is 9.82. The number of pyridine rings is 1. The lowest BCUT2D eigenvalue weighted by Crippen LogP contribution is -2.43. The van der Waals surface area contributed by atoms with E-state index in [1.807, 2.05) is 25.5 Å². The number of nitrogens with zero attached hydrogens (tertiary/aromatic N) is 6. The lowest BCUT2D eigenvalue weighted by molar-refractivity contribution is 0.178. The first-order valence-electron chi connectivity index (χ1n) is 11.8. The summed E-state index contributed by atoms with van der Waals surface area (Å²) in [6.07, 6.45) is 15.1. The van der Waals surface area contributed by atoms with Crippen LogP contribution in [0.15, 0.2) is 24.7 Å². The van der Waals surface area contributed by atoms with E-state index in [0.29, 0.717) is 5.41 Å². The number of piperidine rings is 1. The molecule has 0 unspecified atom stereocenters. The van der Waals surface area contributed by atoms with Gasteiger partial charge in [0.2, 0.25) is 0 Å². The predicted molar refractivity (Wildman–Crippen MR) is 122 cm³/mol. The fourth-order valence-corrected chi connectivity index (χ4v) is 6.05. The van der Waals surface area contributed by atoms with Crippen molar-refractivity contribution in [2.75, 3.05) is 31.1 Å². The molecular formula is C24H31N7. The highest BCUT2D eigenvalue weighted by Crippen LogP contribution is 2.44. The molecule has 1 spiro atoms. The van der Waals surface area contributed by atoms with Gasteiger partial charge in [0, 0.05) is 43.0 Å². The van der Waals surface area contributed by atoms with Crippen LogP contribution in [-0.2, 0) is 0 Å². The van der Waals surface area contributed by atoms with Crippen LogP contribution in [0.25, 0.3) is 22.3 Å². The van der Waals surface area contributed by atoms with Crippen molar-refractivity contribution in [2.45, 2.75) is 57.9 Å². The summed E-state index contributed by atoms with van der Waals surface area (Å²) < 4.78 is 0. The highest BCUT2D eigenvalue weighted by atomic mass is 15.2. The highest BCUT2D eigenvalue weighted by Gasteiger charge is 2.43. The van der Waals surface area contributed by atoms with Crippen molar-refractivity contribution in [3.8, 4) is 11.4 Å². The molecule has 6 rings (SSSR count). The Morgan fingerprint density at radius 1 is 1.03 bits per heavy atom. The number of nitrogens with one attached hydrogen (secondary N) is 1. The Morgan fingerprint density at radius 3 is 2.61 bits per heavy atom.